The van der Waals surface area contributed by atoms with Crippen LogP contribution in [0, 0.1) is 0 Å². The second-order valence-corrected chi connectivity index (χ2v) is 8.33. The second-order valence-electron chi connectivity index (χ2n) is 8.33. The van der Waals surface area contributed by atoms with E-state index in [4.69, 9.17) is 9.26 Å². The summed E-state index contributed by atoms with van der Waals surface area (Å²) in [5.41, 5.74) is 0.374. The van der Waals surface area contributed by atoms with E-state index in [2.05, 4.69) is 26.1 Å². The van der Waals surface area contributed by atoms with Crippen LogP contribution >= 0.6 is 0 Å². The number of amides is 3. The van der Waals surface area contributed by atoms with Crippen molar-refractivity contribution < 1.29 is 23.6 Å². The number of nitrogens with zero attached hydrogens (tertiary/aromatic N) is 2. The Morgan fingerprint density at radius 2 is 1.79 bits per heavy atom. The fraction of sp³-hybridized carbons (Fsp3) is 0.522. The van der Waals surface area contributed by atoms with Crippen molar-refractivity contribution in [3.8, 4) is 5.75 Å². The maximum atomic E-state index is 12.5. The molecule has 3 amide bonds. The van der Waals surface area contributed by atoms with Crippen molar-refractivity contribution in [3.63, 3.8) is 0 Å². The predicted molar refractivity (Wildman–Crippen MR) is 122 cm³/mol. The number of carbonyl (C=O) groups excluding carboxylic acids is 3. The number of ether oxygens (including phenoxy) is 1. The van der Waals surface area contributed by atoms with Gasteiger partial charge >= 0.3 is 0 Å². The minimum Gasteiger partial charge on any atom is -0.495 e. The van der Waals surface area contributed by atoms with Crippen molar-refractivity contribution in [1.29, 1.82) is 0 Å². The number of hydrogen-bond donors (Lipinski definition) is 3. The molecule has 1 fully saturated rings. The molecule has 0 atom stereocenters. The van der Waals surface area contributed by atoms with E-state index in [1.165, 1.54) is 21.0 Å². The van der Waals surface area contributed by atoms with Gasteiger partial charge in [0.05, 0.1) is 12.8 Å². The van der Waals surface area contributed by atoms with E-state index in [0.717, 1.165) is 38.5 Å². The van der Waals surface area contributed by atoms with Gasteiger partial charge in [-0.1, -0.05) is 30.8 Å². The maximum absolute atomic E-state index is 12.5. The summed E-state index contributed by atoms with van der Waals surface area (Å²) in [5.74, 6) is 0.684. The van der Waals surface area contributed by atoms with Gasteiger partial charge in [-0.2, -0.15) is 4.98 Å². The molecular formula is C23H31N5O5. The number of methoxy groups -OCH3 is 1. The quantitative estimate of drug-likeness (QED) is 0.518. The van der Waals surface area contributed by atoms with Gasteiger partial charge in [0.15, 0.2) is 5.82 Å². The van der Waals surface area contributed by atoms with Gasteiger partial charge < -0.3 is 25.2 Å². The Hall–Kier alpha value is -3.43. The van der Waals surface area contributed by atoms with Crippen molar-refractivity contribution in [2.45, 2.75) is 70.8 Å². The first kappa shape index (κ1) is 24.2. The Morgan fingerprint density at radius 1 is 1.06 bits per heavy atom. The highest BCUT2D eigenvalue weighted by Crippen LogP contribution is 2.34. The molecule has 3 rings (SSSR count). The van der Waals surface area contributed by atoms with Gasteiger partial charge in [0.1, 0.15) is 11.3 Å². The summed E-state index contributed by atoms with van der Waals surface area (Å²) in [4.78, 5) is 40.2. The third kappa shape index (κ3) is 6.53. The summed E-state index contributed by atoms with van der Waals surface area (Å²) < 4.78 is 10.7. The number of anilines is 2. The highest BCUT2D eigenvalue weighted by molar-refractivity contribution is 5.95. The van der Waals surface area contributed by atoms with Crippen molar-refractivity contribution in [1.82, 2.24) is 15.5 Å². The summed E-state index contributed by atoms with van der Waals surface area (Å²) in [7, 11) is 1.50. The van der Waals surface area contributed by atoms with Crippen LogP contribution in [0.1, 0.15) is 70.5 Å². The van der Waals surface area contributed by atoms with E-state index >= 15 is 0 Å². The maximum Gasteiger partial charge on any atom is 0.227 e. The SMILES string of the molecule is COc1ccc(NC(C)=O)cc1NC(=O)CCc1nc(C2(NC(C)=O)CCCCCC2)no1. The molecule has 0 saturated heterocycles. The average Bonchev–Trinajstić information content (AvgIpc) is 3.12. The molecule has 0 spiro atoms. The highest BCUT2D eigenvalue weighted by atomic mass is 16.5. The molecule has 0 radical (unpaired) electrons. The largest absolute Gasteiger partial charge is 0.495 e. The molecule has 0 unspecified atom stereocenters. The smallest absolute Gasteiger partial charge is 0.227 e. The monoisotopic (exact) mass is 457 g/mol. The highest BCUT2D eigenvalue weighted by Gasteiger charge is 2.38. The topological polar surface area (TPSA) is 135 Å². The van der Waals surface area contributed by atoms with Gasteiger partial charge in [-0.05, 0) is 31.0 Å². The summed E-state index contributed by atoms with van der Waals surface area (Å²) in [6.45, 7) is 2.90. The van der Waals surface area contributed by atoms with E-state index in [1.54, 1.807) is 18.2 Å². The van der Waals surface area contributed by atoms with Crippen LogP contribution in [0.25, 0.3) is 0 Å². The van der Waals surface area contributed by atoms with Gasteiger partial charge in [-0.15, -0.1) is 0 Å². The molecule has 1 aromatic carbocycles. The minimum absolute atomic E-state index is 0.113. The first-order chi connectivity index (χ1) is 15.8. The van der Waals surface area contributed by atoms with Gasteiger partial charge in [-0.3, -0.25) is 14.4 Å². The van der Waals surface area contributed by atoms with E-state index < -0.39 is 5.54 Å². The van der Waals surface area contributed by atoms with Gasteiger partial charge in [0, 0.05) is 32.4 Å². The first-order valence-electron chi connectivity index (χ1n) is 11.2. The summed E-state index contributed by atoms with van der Waals surface area (Å²) in [6.07, 6.45) is 6.06. The number of hydrogen-bond acceptors (Lipinski definition) is 7. The lowest BCUT2D eigenvalue weighted by molar-refractivity contribution is -0.121. The number of benzene rings is 1. The van der Waals surface area contributed by atoms with Gasteiger partial charge in [0.2, 0.25) is 23.6 Å². The van der Waals surface area contributed by atoms with E-state index in [1.807, 2.05) is 0 Å². The summed E-state index contributed by atoms with van der Waals surface area (Å²) >= 11 is 0. The van der Waals surface area contributed by atoms with Crippen LogP contribution in [0.3, 0.4) is 0 Å². The van der Waals surface area contributed by atoms with Crippen molar-refractivity contribution in [2.75, 3.05) is 17.7 Å². The normalized spacial score (nSPS) is 15.2. The molecule has 10 heteroatoms. The lowest BCUT2D eigenvalue weighted by Gasteiger charge is -2.30. The zero-order valence-electron chi connectivity index (χ0n) is 19.3. The van der Waals surface area contributed by atoms with Crippen LogP contribution in [0.2, 0.25) is 0 Å². The Morgan fingerprint density at radius 3 is 2.42 bits per heavy atom. The molecule has 33 heavy (non-hydrogen) atoms. The lowest BCUT2D eigenvalue weighted by Crippen LogP contribution is -2.45. The Balaban J connectivity index is 1.66. The van der Waals surface area contributed by atoms with Crippen LogP contribution in [-0.2, 0) is 26.3 Å². The molecule has 3 N–H and O–H groups in total. The van der Waals surface area contributed by atoms with Crippen molar-refractivity contribution in [2.24, 2.45) is 0 Å². The van der Waals surface area contributed by atoms with E-state index in [9.17, 15) is 14.4 Å². The molecular weight excluding hydrogens is 426 g/mol. The molecule has 1 aliphatic rings. The van der Waals surface area contributed by atoms with Crippen LogP contribution in [-0.4, -0.2) is 35.0 Å². The lowest BCUT2D eigenvalue weighted by atomic mass is 9.89. The molecule has 178 valence electrons. The molecule has 0 bridgehead atoms. The van der Waals surface area contributed by atoms with Crippen LogP contribution in [0.15, 0.2) is 22.7 Å². The first-order valence-corrected chi connectivity index (χ1v) is 11.2. The van der Waals surface area contributed by atoms with Crippen LogP contribution in [0.5, 0.6) is 5.75 Å². The van der Waals surface area contributed by atoms with Gasteiger partial charge in [-0.25, -0.2) is 0 Å². The van der Waals surface area contributed by atoms with Crippen LogP contribution in [0.4, 0.5) is 11.4 Å². The number of nitrogens with one attached hydrogen (secondary N) is 3. The molecule has 2 aromatic rings. The molecule has 1 aliphatic carbocycles. The average molecular weight is 458 g/mol. The minimum atomic E-state index is -0.621. The predicted octanol–water partition coefficient (Wildman–Crippen LogP) is 3.29. The fourth-order valence-electron chi connectivity index (χ4n) is 4.14. The third-order valence-electron chi connectivity index (χ3n) is 5.63. The zero-order chi connectivity index (χ0) is 23.8. The van der Waals surface area contributed by atoms with E-state index in [0.29, 0.717) is 28.8 Å². The second kappa shape index (κ2) is 10.9. The Labute approximate surface area is 192 Å². The number of aromatic nitrogens is 2. The fourth-order valence-corrected chi connectivity index (χ4v) is 4.14. The summed E-state index contributed by atoms with van der Waals surface area (Å²) in [6, 6.07) is 4.99. The molecule has 0 aliphatic heterocycles. The van der Waals surface area contributed by atoms with Gasteiger partial charge in [0.25, 0.3) is 0 Å². The standard InChI is InChI=1S/C23H31N5O5/c1-15(29)24-17-8-9-19(32-3)18(14-17)25-20(31)10-11-21-26-22(28-33-21)23(27-16(2)30)12-6-4-5-7-13-23/h8-9,14H,4-7,10-13H2,1-3H3,(H,24,29)(H,25,31)(H,27,30). The number of rotatable bonds is 8. The molecule has 1 aromatic heterocycles. The molecule has 10 nitrogen and oxygen atoms in total. The number of carbonyl (C=O) groups is 3. The number of aryl methyl sites for hydroxylation is 1. The van der Waals surface area contributed by atoms with E-state index in [-0.39, 0.29) is 30.6 Å². The molecule has 1 heterocycles. The van der Waals surface area contributed by atoms with Crippen molar-refractivity contribution in [3.05, 3.63) is 29.9 Å². The zero-order valence-corrected chi connectivity index (χ0v) is 19.3. The summed E-state index contributed by atoms with van der Waals surface area (Å²) in [5, 5.41) is 12.7. The third-order valence-corrected chi connectivity index (χ3v) is 5.63. The van der Waals surface area contributed by atoms with Crippen LogP contribution < -0.4 is 20.7 Å². The Bertz CT molecular complexity index is 995. The Kier molecular flexibility index (Phi) is 8.02. The van der Waals surface area contributed by atoms with Crippen molar-refractivity contribution >= 4 is 29.1 Å². The molecule has 1 saturated carbocycles.